The van der Waals surface area contributed by atoms with Crippen LogP contribution in [0.3, 0.4) is 0 Å². The topological polar surface area (TPSA) is 17.1 Å². The predicted molar refractivity (Wildman–Crippen MR) is 121 cm³/mol. The zero-order valence-corrected chi connectivity index (χ0v) is 16.1. The largest absolute Gasteiger partial charge is 0.289 e. The fraction of sp³-hybridized carbons (Fsp3) is 0.148. The molecule has 7 rings (SSSR count). The molecule has 7 aromatic carbocycles. The first-order valence-corrected chi connectivity index (χ1v) is 9.92. The van der Waals surface area contributed by atoms with Crippen molar-refractivity contribution < 1.29 is 0 Å². The van der Waals surface area contributed by atoms with E-state index in [2.05, 4.69) is 75.4 Å². The number of benzene rings is 6. The monoisotopic (exact) mass is 358 g/mol. The summed E-state index contributed by atoms with van der Waals surface area (Å²) in [6.45, 7) is 6.38. The lowest BCUT2D eigenvalue weighted by molar-refractivity contribution is 0.587. The van der Waals surface area contributed by atoms with Crippen molar-refractivity contribution in [2.24, 2.45) is 0 Å². The van der Waals surface area contributed by atoms with Crippen LogP contribution in [0.2, 0.25) is 0 Å². The van der Waals surface area contributed by atoms with E-state index in [0.29, 0.717) is 0 Å². The quantitative estimate of drug-likeness (QED) is 0.210. The summed E-state index contributed by atoms with van der Waals surface area (Å²) in [6, 6.07) is 19.9. The van der Waals surface area contributed by atoms with Crippen LogP contribution in [0.25, 0.3) is 64.6 Å². The molecule has 132 valence electrons. The second-order valence-electron chi connectivity index (χ2n) is 9.37. The van der Waals surface area contributed by atoms with Crippen molar-refractivity contribution in [1.29, 1.82) is 0 Å². The maximum Gasteiger partial charge on any atom is 0.190 e. The van der Waals surface area contributed by atoms with Crippen molar-refractivity contribution in [2.45, 2.75) is 26.2 Å². The number of hydrogen-bond acceptors (Lipinski definition) is 1. The Balaban J connectivity index is 1.94. The molecular weight excluding hydrogens is 340 g/mol. The molecule has 0 saturated carbocycles. The van der Waals surface area contributed by atoms with E-state index < -0.39 is 0 Å². The highest BCUT2D eigenvalue weighted by Crippen LogP contribution is 2.50. The van der Waals surface area contributed by atoms with Gasteiger partial charge in [-0.2, -0.15) is 0 Å². The van der Waals surface area contributed by atoms with E-state index in [9.17, 15) is 4.79 Å². The first kappa shape index (κ1) is 14.8. The Kier molecular flexibility index (Phi) is 2.26. The van der Waals surface area contributed by atoms with Gasteiger partial charge in [-0.25, -0.2) is 0 Å². The van der Waals surface area contributed by atoms with Gasteiger partial charge in [-0.1, -0.05) is 57.2 Å². The smallest absolute Gasteiger partial charge is 0.190 e. The molecular formula is C27H18O. The van der Waals surface area contributed by atoms with Crippen LogP contribution in [0.1, 0.15) is 26.3 Å². The van der Waals surface area contributed by atoms with Gasteiger partial charge < -0.3 is 0 Å². The number of hydrogen-bond donors (Lipinski definition) is 0. The molecule has 0 amide bonds. The van der Waals surface area contributed by atoms with Crippen LogP contribution in [-0.4, -0.2) is 0 Å². The maximum atomic E-state index is 13.5. The number of rotatable bonds is 0. The van der Waals surface area contributed by atoms with E-state index in [1.165, 1.54) is 53.9 Å². The summed E-state index contributed by atoms with van der Waals surface area (Å²) in [5.74, 6) is 0. The zero-order valence-electron chi connectivity index (χ0n) is 16.1. The van der Waals surface area contributed by atoms with Crippen molar-refractivity contribution in [2.75, 3.05) is 0 Å². The van der Waals surface area contributed by atoms with Crippen molar-refractivity contribution in [3.05, 3.63) is 70.4 Å². The van der Waals surface area contributed by atoms with Gasteiger partial charge in [0, 0.05) is 16.3 Å². The van der Waals surface area contributed by atoms with Crippen LogP contribution in [0.5, 0.6) is 0 Å². The molecule has 0 atom stereocenters. The van der Waals surface area contributed by atoms with Crippen molar-refractivity contribution in [3.63, 3.8) is 0 Å². The minimum absolute atomic E-state index is 0.179. The Morgan fingerprint density at radius 2 is 1.04 bits per heavy atom. The van der Waals surface area contributed by atoms with Gasteiger partial charge in [0.25, 0.3) is 0 Å². The molecule has 0 fully saturated rings. The molecule has 0 heterocycles. The minimum atomic E-state index is -0.179. The Labute approximate surface area is 161 Å². The van der Waals surface area contributed by atoms with Crippen molar-refractivity contribution in [3.8, 4) is 0 Å². The molecule has 0 aliphatic carbocycles. The van der Waals surface area contributed by atoms with Crippen LogP contribution in [0.4, 0.5) is 0 Å². The average molecular weight is 358 g/mol. The van der Waals surface area contributed by atoms with Crippen molar-refractivity contribution in [1.82, 2.24) is 0 Å². The molecule has 1 heteroatoms. The lowest BCUT2D eigenvalue weighted by Gasteiger charge is -2.20. The molecule has 0 bridgehead atoms. The molecule has 0 aromatic heterocycles. The third kappa shape index (κ3) is 1.47. The van der Waals surface area contributed by atoms with Gasteiger partial charge in [0.2, 0.25) is 0 Å². The predicted octanol–water partition coefficient (Wildman–Crippen LogP) is 7.01. The van der Waals surface area contributed by atoms with Crippen LogP contribution < -0.4 is 5.43 Å². The van der Waals surface area contributed by atoms with Gasteiger partial charge in [0.05, 0.1) is 0 Å². The summed E-state index contributed by atoms with van der Waals surface area (Å²) in [5.41, 5.74) is 0.908. The van der Waals surface area contributed by atoms with Gasteiger partial charge >= 0.3 is 0 Å². The molecule has 28 heavy (non-hydrogen) atoms. The molecule has 0 saturated heterocycles. The zero-order chi connectivity index (χ0) is 18.9. The van der Waals surface area contributed by atoms with Crippen LogP contribution in [0, 0.1) is 0 Å². The molecule has 0 radical (unpaired) electrons. The Morgan fingerprint density at radius 1 is 0.536 bits per heavy atom. The average Bonchev–Trinajstić information content (AvgIpc) is 3.04. The normalized spacial score (nSPS) is 13.7. The van der Waals surface area contributed by atoms with E-state index in [1.54, 1.807) is 0 Å². The Bertz CT molecular complexity index is 1710. The van der Waals surface area contributed by atoms with E-state index in [-0.39, 0.29) is 10.8 Å². The first-order chi connectivity index (χ1) is 13.4. The second kappa shape index (κ2) is 4.28. The lowest BCUT2D eigenvalue weighted by Crippen LogP contribution is -2.22. The van der Waals surface area contributed by atoms with Crippen LogP contribution >= 0.6 is 0 Å². The van der Waals surface area contributed by atoms with Gasteiger partial charge in [0.1, 0.15) is 0 Å². The van der Waals surface area contributed by atoms with Gasteiger partial charge in [-0.3, -0.25) is 4.79 Å². The van der Waals surface area contributed by atoms with Crippen LogP contribution in [-0.2, 0) is 5.41 Å². The third-order valence-electron chi connectivity index (χ3n) is 6.75. The molecule has 0 N–H and O–H groups in total. The van der Waals surface area contributed by atoms with E-state index in [1.807, 2.05) is 0 Å². The van der Waals surface area contributed by atoms with E-state index >= 15 is 0 Å². The fourth-order valence-electron chi connectivity index (χ4n) is 5.54. The highest BCUT2D eigenvalue weighted by molar-refractivity contribution is 6.47. The summed E-state index contributed by atoms with van der Waals surface area (Å²) in [4.78, 5) is 13.5. The maximum absolute atomic E-state index is 13.5. The summed E-state index contributed by atoms with van der Waals surface area (Å²) in [5, 5.41) is 14.9. The Morgan fingerprint density at radius 3 is 1.61 bits per heavy atom. The first-order valence-electron chi connectivity index (χ1n) is 9.92. The van der Waals surface area contributed by atoms with Gasteiger partial charge in [0.15, 0.2) is 5.43 Å². The molecule has 7 aromatic rings. The molecule has 0 spiro atoms. The summed E-state index contributed by atoms with van der Waals surface area (Å²) in [7, 11) is 0. The second-order valence-corrected chi connectivity index (χ2v) is 9.37. The Hall–Kier alpha value is -3.19. The summed E-state index contributed by atoms with van der Waals surface area (Å²) >= 11 is 0. The molecule has 1 nitrogen and oxygen atoms in total. The third-order valence-corrected chi connectivity index (χ3v) is 6.75. The van der Waals surface area contributed by atoms with Crippen molar-refractivity contribution >= 4 is 64.6 Å². The van der Waals surface area contributed by atoms with E-state index in [0.717, 1.165) is 16.3 Å². The molecule has 0 unspecified atom stereocenters. The standard InChI is InChI=1S/C27H18O/c1-27(2,3)19-12-17-10-15-8-6-13-4-5-14-7-9-16-11-18(26(19)28)20(17)25-23(15)21(13)22(14)24(16)25/h4-12H,1-3H3. The summed E-state index contributed by atoms with van der Waals surface area (Å²) in [6.07, 6.45) is 0. The minimum Gasteiger partial charge on any atom is -0.289 e. The highest BCUT2D eigenvalue weighted by Gasteiger charge is 2.26. The van der Waals surface area contributed by atoms with Gasteiger partial charge in [-0.15, -0.1) is 0 Å². The van der Waals surface area contributed by atoms with Gasteiger partial charge in [-0.05, 0) is 77.5 Å². The van der Waals surface area contributed by atoms with Crippen LogP contribution in [0.15, 0.2) is 59.4 Å². The molecule has 0 aliphatic heterocycles. The SMILES string of the molecule is CC(C)(C)c1cc2cc3ccc4ccc5ccc6cc(c1=O)c2c1c3c4c5c61. The lowest BCUT2D eigenvalue weighted by atomic mass is 9.82. The highest BCUT2D eigenvalue weighted by atomic mass is 16.1. The fourth-order valence-corrected chi connectivity index (χ4v) is 5.54. The molecule has 0 aliphatic rings. The summed E-state index contributed by atoms with van der Waals surface area (Å²) < 4.78 is 0. The van der Waals surface area contributed by atoms with E-state index in [4.69, 9.17) is 0 Å².